The van der Waals surface area contributed by atoms with Gasteiger partial charge < -0.3 is 10.2 Å². The number of benzene rings is 1. The van der Waals surface area contributed by atoms with Gasteiger partial charge in [0, 0.05) is 11.4 Å². The zero-order valence-corrected chi connectivity index (χ0v) is 8.91. The first-order valence-electron chi connectivity index (χ1n) is 4.74. The van der Waals surface area contributed by atoms with Gasteiger partial charge in [0.1, 0.15) is 0 Å². The summed E-state index contributed by atoms with van der Waals surface area (Å²) in [5.41, 5.74) is 0.870. The molecule has 0 radical (unpaired) electrons. The Kier molecular flexibility index (Phi) is 4.39. The summed E-state index contributed by atoms with van der Waals surface area (Å²) in [7, 11) is 0. The average molecular weight is 215 g/mol. The number of halogens is 1. The minimum atomic E-state index is -0.736. The molecule has 0 amide bonds. The third kappa shape index (κ3) is 2.98. The molecule has 78 valence electrons. The summed E-state index contributed by atoms with van der Waals surface area (Å²) in [6, 6.07) is 7.34. The molecule has 0 spiro atoms. The van der Waals surface area contributed by atoms with Gasteiger partial charge >= 0.3 is 0 Å². The lowest BCUT2D eigenvalue weighted by Crippen LogP contribution is -2.27. The van der Waals surface area contributed by atoms with Crippen molar-refractivity contribution in [3.63, 3.8) is 0 Å². The Morgan fingerprint density at radius 1 is 1.21 bits per heavy atom. The molecule has 3 heteroatoms. The van der Waals surface area contributed by atoms with E-state index in [0.717, 1.165) is 5.56 Å². The minimum Gasteiger partial charge on any atom is -0.390 e. The van der Waals surface area contributed by atoms with Crippen LogP contribution in [0.15, 0.2) is 24.3 Å². The zero-order valence-electron chi connectivity index (χ0n) is 8.15. The Labute approximate surface area is 89.1 Å². The maximum atomic E-state index is 9.59. The summed E-state index contributed by atoms with van der Waals surface area (Å²) in [5, 5.41) is 19.6. The van der Waals surface area contributed by atoms with E-state index in [9.17, 15) is 10.2 Å². The van der Waals surface area contributed by atoms with Gasteiger partial charge in [0.15, 0.2) is 0 Å². The highest BCUT2D eigenvalue weighted by Crippen LogP contribution is 2.17. The molecule has 0 aliphatic rings. The van der Waals surface area contributed by atoms with Crippen LogP contribution in [0.4, 0.5) is 0 Å². The lowest BCUT2D eigenvalue weighted by molar-refractivity contribution is 0.0182. The van der Waals surface area contributed by atoms with Crippen molar-refractivity contribution in [2.45, 2.75) is 32.0 Å². The van der Waals surface area contributed by atoms with Gasteiger partial charge in [-0.2, -0.15) is 0 Å². The Morgan fingerprint density at radius 3 is 2.43 bits per heavy atom. The van der Waals surface area contributed by atoms with Crippen molar-refractivity contribution in [1.29, 1.82) is 0 Å². The second-order valence-electron chi connectivity index (χ2n) is 3.34. The van der Waals surface area contributed by atoms with Gasteiger partial charge in [0.25, 0.3) is 0 Å². The van der Waals surface area contributed by atoms with E-state index in [1.807, 2.05) is 25.1 Å². The molecule has 0 fully saturated rings. The number of rotatable bonds is 4. The molecular weight excluding hydrogens is 200 g/mol. The van der Waals surface area contributed by atoms with Crippen LogP contribution in [0.2, 0.25) is 5.02 Å². The molecule has 1 aromatic carbocycles. The molecule has 2 N–H and O–H groups in total. The Bertz CT molecular complexity index is 288. The van der Waals surface area contributed by atoms with Crippen LogP contribution in [0.25, 0.3) is 0 Å². The summed E-state index contributed by atoms with van der Waals surface area (Å²) in [5.74, 6) is 0. The third-order valence-electron chi connectivity index (χ3n) is 2.25. The van der Waals surface area contributed by atoms with Gasteiger partial charge in [0.2, 0.25) is 0 Å². The second kappa shape index (κ2) is 5.35. The molecule has 2 nitrogen and oxygen atoms in total. The van der Waals surface area contributed by atoms with Gasteiger partial charge in [-0.15, -0.1) is 0 Å². The van der Waals surface area contributed by atoms with Crippen LogP contribution in [0, 0.1) is 0 Å². The highest BCUT2D eigenvalue weighted by Gasteiger charge is 2.15. The Hall–Kier alpha value is -0.570. The average Bonchev–Trinajstić information content (AvgIpc) is 2.20. The smallest absolute Gasteiger partial charge is 0.0839 e. The Morgan fingerprint density at radius 2 is 1.86 bits per heavy atom. The molecule has 1 aromatic rings. The number of aliphatic hydroxyl groups is 2. The monoisotopic (exact) mass is 214 g/mol. The summed E-state index contributed by atoms with van der Waals surface area (Å²) >= 11 is 5.92. The minimum absolute atomic E-state index is 0.397. The molecular formula is C11H15ClO2. The number of aliphatic hydroxyl groups excluding tert-OH is 2. The predicted octanol–water partition coefficient (Wildman–Crippen LogP) is 2.01. The van der Waals surface area contributed by atoms with Crippen molar-refractivity contribution in [2.24, 2.45) is 0 Å². The van der Waals surface area contributed by atoms with Gasteiger partial charge in [-0.25, -0.2) is 0 Å². The first-order valence-corrected chi connectivity index (χ1v) is 5.12. The van der Waals surface area contributed by atoms with E-state index in [0.29, 0.717) is 17.9 Å². The largest absolute Gasteiger partial charge is 0.390 e. The molecule has 2 atom stereocenters. The Balaban J connectivity index is 2.64. The van der Waals surface area contributed by atoms with Crippen LogP contribution in [0.1, 0.15) is 18.9 Å². The molecule has 2 unspecified atom stereocenters. The quantitative estimate of drug-likeness (QED) is 0.805. The maximum Gasteiger partial charge on any atom is 0.0839 e. The molecule has 0 aromatic heterocycles. The van der Waals surface area contributed by atoms with Gasteiger partial charge in [-0.3, -0.25) is 0 Å². The standard InChI is InChI=1S/C11H15ClO2/c1-2-10(13)11(14)7-8-5-3-4-6-9(8)12/h3-6,10-11,13-14H,2,7H2,1H3. The molecule has 14 heavy (non-hydrogen) atoms. The predicted molar refractivity (Wildman–Crippen MR) is 57.5 cm³/mol. The first kappa shape index (κ1) is 11.5. The van der Waals surface area contributed by atoms with Crippen molar-refractivity contribution < 1.29 is 10.2 Å². The van der Waals surface area contributed by atoms with E-state index >= 15 is 0 Å². The number of hydrogen-bond acceptors (Lipinski definition) is 2. The van der Waals surface area contributed by atoms with Crippen LogP contribution in [0.3, 0.4) is 0 Å². The van der Waals surface area contributed by atoms with E-state index in [2.05, 4.69) is 0 Å². The molecule has 0 aliphatic heterocycles. The zero-order chi connectivity index (χ0) is 10.6. The molecule has 0 saturated carbocycles. The van der Waals surface area contributed by atoms with Crippen LogP contribution >= 0.6 is 11.6 Å². The lowest BCUT2D eigenvalue weighted by Gasteiger charge is -2.16. The van der Waals surface area contributed by atoms with E-state index in [4.69, 9.17) is 11.6 Å². The van der Waals surface area contributed by atoms with E-state index < -0.39 is 12.2 Å². The van der Waals surface area contributed by atoms with Crippen molar-refractivity contribution in [2.75, 3.05) is 0 Å². The van der Waals surface area contributed by atoms with Crippen molar-refractivity contribution >= 4 is 11.6 Å². The summed E-state index contributed by atoms with van der Waals surface area (Å²) in [6.45, 7) is 1.83. The number of hydrogen-bond donors (Lipinski definition) is 2. The molecule has 1 rings (SSSR count). The normalized spacial score (nSPS) is 15.1. The maximum absolute atomic E-state index is 9.59. The SMILES string of the molecule is CCC(O)C(O)Cc1ccccc1Cl. The van der Waals surface area contributed by atoms with Crippen molar-refractivity contribution in [3.8, 4) is 0 Å². The lowest BCUT2D eigenvalue weighted by atomic mass is 10.0. The van der Waals surface area contributed by atoms with Crippen LogP contribution in [0.5, 0.6) is 0 Å². The third-order valence-corrected chi connectivity index (χ3v) is 2.62. The highest BCUT2D eigenvalue weighted by atomic mass is 35.5. The molecule has 0 saturated heterocycles. The van der Waals surface area contributed by atoms with E-state index in [-0.39, 0.29) is 0 Å². The van der Waals surface area contributed by atoms with E-state index in [1.54, 1.807) is 6.07 Å². The second-order valence-corrected chi connectivity index (χ2v) is 3.75. The van der Waals surface area contributed by atoms with Gasteiger partial charge in [-0.05, 0) is 18.1 Å². The molecule has 0 bridgehead atoms. The fourth-order valence-corrected chi connectivity index (χ4v) is 1.51. The summed E-state index contributed by atoms with van der Waals surface area (Å²) in [6.07, 6.45) is -0.466. The summed E-state index contributed by atoms with van der Waals surface area (Å²) in [4.78, 5) is 0. The van der Waals surface area contributed by atoms with Crippen LogP contribution in [-0.2, 0) is 6.42 Å². The van der Waals surface area contributed by atoms with Crippen LogP contribution < -0.4 is 0 Å². The topological polar surface area (TPSA) is 40.5 Å². The van der Waals surface area contributed by atoms with Crippen LogP contribution in [-0.4, -0.2) is 22.4 Å². The molecule has 0 aliphatic carbocycles. The van der Waals surface area contributed by atoms with Crippen molar-refractivity contribution in [1.82, 2.24) is 0 Å². The fourth-order valence-electron chi connectivity index (χ4n) is 1.30. The van der Waals surface area contributed by atoms with Gasteiger partial charge in [-0.1, -0.05) is 36.7 Å². The van der Waals surface area contributed by atoms with Gasteiger partial charge in [0.05, 0.1) is 12.2 Å². The summed E-state index contributed by atoms with van der Waals surface area (Å²) < 4.78 is 0. The van der Waals surface area contributed by atoms with Crippen molar-refractivity contribution in [3.05, 3.63) is 34.9 Å². The molecule has 0 heterocycles. The first-order chi connectivity index (χ1) is 6.65. The highest BCUT2D eigenvalue weighted by molar-refractivity contribution is 6.31. The fraction of sp³-hybridized carbons (Fsp3) is 0.455. The van der Waals surface area contributed by atoms with E-state index in [1.165, 1.54) is 0 Å².